The second-order valence-electron chi connectivity index (χ2n) is 4.24. The monoisotopic (exact) mass is 295 g/mol. The molecule has 1 rings (SSSR count). The zero-order valence-electron chi connectivity index (χ0n) is 10.7. The minimum absolute atomic E-state index is 0.146. The van der Waals surface area contributed by atoms with E-state index in [4.69, 9.17) is 11.1 Å². The first kappa shape index (κ1) is 16.2. The Hall–Kier alpha value is -1.86. The average Bonchev–Trinajstić information content (AvgIpc) is 2.25. The maximum absolute atomic E-state index is 13.8. The van der Waals surface area contributed by atoms with Gasteiger partial charge in [-0.15, -0.1) is 0 Å². The van der Waals surface area contributed by atoms with E-state index in [1.807, 2.05) is 0 Å². The highest BCUT2D eigenvalue weighted by Gasteiger charge is 2.32. The van der Waals surface area contributed by atoms with Crippen LogP contribution < -0.4 is 10.6 Å². The van der Waals surface area contributed by atoms with Crippen molar-refractivity contribution in [3.63, 3.8) is 0 Å². The smallest absolute Gasteiger partial charge is 0.384 e. The normalized spacial score (nSPS) is 11.5. The molecule has 0 aliphatic carbocycles. The van der Waals surface area contributed by atoms with E-state index in [9.17, 15) is 22.0 Å². The van der Waals surface area contributed by atoms with Crippen molar-refractivity contribution in [2.75, 3.05) is 18.0 Å². The highest BCUT2D eigenvalue weighted by molar-refractivity contribution is 5.95. The van der Waals surface area contributed by atoms with Gasteiger partial charge >= 0.3 is 6.18 Å². The molecule has 0 radical (unpaired) electrons. The van der Waals surface area contributed by atoms with Crippen molar-refractivity contribution < 1.29 is 22.0 Å². The summed E-state index contributed by atoms with van der Waals surface area (Å²) in [4.78, 5) is 0.592. The molecule has 3 N–H and O–H groups in total. The van der Waals surface area contributed by atoms with Crippen molar-refractivity contribution in [3.8, 4) is 0 Å². The second kappa shape index (κ2) is 6.06. The Morgan fingerprint density at radius 1 is 1.25 bits per heavy atom. The summed E-state index contributed by atoms with van der Waals surface area (Å²) < 4.78 is 65.0. The molecule has 0 saturated heterocycles. The van der Waals surface area contributed by atoms with Crippen molar-refractivity contribution in [1.29, 1.82) is 5.41 Å². The number of amidine groups is 1. The van der Waals surface area contributed by atoms with E-state index in [0.29, 0.717) is 11.3 Å². The molecule has 0 saturated carbocycles. The number of nitrogens with zero attached hydrogens (tertiary/aromatic N) is 1. The SMILES string of the molecule is CCCN(CC(F)(F)F)c1c(F)cc(C(=N)N)cc1F. The van der Waals surface area contributed by atoms with E-state index < -0.39 is 35.9 Å². The number of anilines is 1. The molecule has 0 amide bonds. The number of nitrogens with two attached hydrogens (primary N) is 1. The molecular formula is C12H14F5N3. The molecule has 3 nitrogen and oxygen atoms in total. The van der Waals surface area contributed by atoms with Crippen LogP contribution in [-0.2, 0) is 0 Å². The standard InChI is InChI=1S/C12H14F5N3/c1-2-3-20(6-12(15,16)17)10-8(13)4-7(11(18)19)5-9(10)14/h4-5H,2-3,6H2,1H3,(H3,18,19). The van der Waals surface area contributed by atoms with Crippen LogP contribution in [-0.4, -0.2) is 25.1 Å². The van der Waals surface area contributed by atoms with Crippen molar-refractivity contribution in [1.82, 2.24) is 0 Å². The molecule has 0 aliphatic heterocycles. The summed E-state index contributed by atoms with van der Waals surface area (Å²) in [5, 5.41) is 7.08. The Morgan fingerprint density at radius 2 is 1.75 bits per heavy atom. The van der Waals surface area contributed by atoms with E-state index in [0.717, 1.165) is 12.1 Å². The number of nitrogens with one attached hydrogen (secondary N) is 1. The lowest BCUT2D eigenvalue weighted by molar-refractivity contribution is -0.119. The van der Waals surface area contributed by atoms with Crippen LogP contribution in [0.2, 0.25) is 0 Å². The number of rotatable bonds is 5. The molecule has 0 aromatic heterocycles. The van der Waals surface area contributed by atoms with Gasteiger partial charge in [-0.2, -0.15) is 13.2 Å². The van der Waals surface area contributed by atoms with Gasteiger partial charge in [-0.25, -0.2) is 8.78 Å². The van der Waals surface area contributed by atoms with Crippen molar-refractivity contribution in [2.24, 2.45) is 5.73 Å². The van der Waals surface area contributed by atoms with E-state index in [1.54, 1.807) is 6.92 Å². The van der Waals surface area contributed by atoms with Gasteiger partial charge in [0.2, 0.25) is 0 Å². The van der Waals surface area contributed by atoms with Gasteiger partial charge in [-0.1, -0.05) is 6.92 Å². The summed E-state index contributed by atoms with van der Waals surface area (Å²) in [6.07, 6.45) is -4.28. The third kappa shape index (κ3) is 4.07. The van der Waals surface area contributed by atoms with Gasteiger partial charge in [-0.05, 0) is 18.6 Å². The molecule has 1 aromatic rings. The van der Waals surface area contributed by atoms with Crippen LogP contribution in [0.25, 0.3) is 0 Å². The van der Waals surface area contributed by atoms with Crippen molar-refractivity contribution >= 4 is 11.5 Å². The van der Waals surface area contributed by atoms with Crippen LogP contribution in [0.4, 0.5) is 27.6 Å². The van der Waals surface area contributed by atoms with E-state index >= 15 is 0 Å². The maximum Gasteiger partial charge on any atom is 0.405 e. The second-order valence-corrected chi connectivity index (χ2v) is 4.24. The van der Waals surface area contributed by atoms with Crippen molar-refractivity contribution in [3.05, 3.63) is 29.3 Å². The third-order valence-corrected chi connectivity index (χ3v) is 2.51. The van der Waals surface area contributed by atoms with Crippen LogP contribution >= 0.6 is 0 Å². The molecule has 0 aliphatic rings. The zero-order valence-corrected chi connectivity index (χ0v) is 10.7. The maximum atomic E-state index is 13.8. The number of halogens is 5. The molecule has 8 heteroatoms. The molecule has 0 atom stereocenters. The van der Waals surface area contributed by atoms with E-state index in [-0.39, 0.29) is 12.1 Å². The predicted molar refractivity (Wildman–Crippen MR) is 65.9 cm³/mol. The molecule has 0 bridgehead atoms. The van der Waals surface area contributed by atoms with E-state index in [1.165, 1.54) is 0 Å². The van der Waals surface area contributed by atoms with Gasteiger partial charge in [0.15, 0.2) is 0 Å². The van der Waals surface area contributed by atoms with Crippen LogP contribution in [0.15, 0.2) is 12.1 Å². The molecule has 0 heterocycles. The summed E-state index contributed by atoms with van der Waals surface area (Å²) >= 11 is 0. The topological polar surface area (TPSA) is 53.1 Å². The van der Waals surface area contributed by atoms with Gasteiger partial charge in [-0.3, -0.25) is 5.41 Å². The first-order valence-electron chi connectivity index (χ1n) is 5.81. The van der Waals surface area contributed by atoms with Crippen LogP contribution in [0.5, 0.6) is 0 Å². The first-order valence-corrected chi connectivity index (χ1v) is 5.81. The van der Waals surface area contributed by atoms with Gasteiger partial charge in [0.1, 0.15) is 29.7 Å². The van der Waals surface area contributed by atoms with Crippen LogP contribution in [0.1, 0.15) is 18.9 Å². The van der Waals surface area contributed by atoms with Crippen LogP contribution in [0.3, 0.4) is 0 Å². The molecule has 0 spiro atoms. The lowest BCUT2D eigenvalue weighted by Crippen LogP contribution is -2.36. The Balaban J connectivity index is 3.23. The summed E-state index contributed by atoms with van der Waals surface area (Å²) in [5.41, 5.74) is 4.12. The zero-order chi connectivity index (χ0) is 15.5. The molecule has 1 aromatic carbocycles. The highest BCUT2D eigenvalue weighted by atomic mass is 19.4. The fourth-order valence-corrected chi connectivity index (χ4v) is 1.78. The molecule has 20 heavy (non-hydrogen) atoms. The highest BCUT2D eigenvalue weighted by Crippen LogP contribution is 2.28. The molecule has 0 unspecified atom stereocenters. The quantitative estimate of drug-likeness (QED) is 0.498. The predicted octanol–water partition coefficient (Wildman–Crippen LogP) is 3.03. The van der Waals surface area contributed by atoms with Gasteiger partial charge in [0.25, 0.3) is 0 Å². The Kier molecular flexibility index (Phi) is 4.91. The van der Waals surface area contributed by atoms with E-state index in [2.05, 4.69) is 0 Å². The summed E-state index contributed by atoms with van der Waals surface area (Å²) in [6, 6.07) is 1.50. The van der Waals surface area contributed by atoms with Gasteiger partial charge in [0, 0.05) is 12.1 Å². The average molecular weight is 295 g/mol. The summed E-state index contributed by atoms with van der Waals surface area (Å²) in [7, 11) is 0. The Morgan fingerprint density at radius 3 is 2.10 bits per heavy atom. The van der Waals surface area contributed by atoms with Gasteiger partial charge in [0.05, 0.1) is 0 Å². The fraction of sp³-hybridized carbons (Fsp3) is 0.417. The number of benzene rings is 1. The molecule has 112 valence electrons. The molecular weight excluding hydrogens is 281 g/mol. The third-order valence-electron chi connectivity index (χ3n) is 2.51. The minimum Gasteiger partial charge on any atom is -0.384 e. The number of nitrogen functional groups attached to an aromatic ring is 1. The first-order chi connectivity index (χ1) is 9.15. The Bertz CT molecular complexity index is 475. The lowest BCUT2D eigenvalue weighted by Gasteiger charge is -2.26. The number of hydrogen-bond donors (Lipinski definition) is 2. The minimum atomic E-state index is -4.58. The lowest BCUT2D eigenvalue weighted by atomic mass is 10.1. The van der Waals surface area contributed by atoms with Gasteiger partial charge < -0.3 is 10.6 Å². The summed E-state index contributed by atoms with van der Waals surface area (Å²) in [6.45, 7) is 0.00396. The summed E-state index contributed by atoms with van der Waals surface area (Å²) in [5.74, 6) is -2.91. The molecule has 0 fully saturated rings. The van der Waals surface area contributed by atoms with Crippen molar-refractivity contribution in [2.45, 2.75) is 19.5 Å². The number of alkyl halides is 3. The fourth-order valence-electron chi connectivity index (χ4n) is 1.78. The Labute approximate surface area is 112 Å². The van der Waals surface area contributed by atoms with Crippen LogP contribution in [0, 0.1) is 17.0 Å². The largest absolute Gasteiger partial charge is 0.405 e. The number of hydrogen-bond acceptors (Lipinski definition) is 2.